The van der Waals surface area contributed by atoms with E-state index in [1.165, 1.54) is 0 Å². The summed E-state index contributed by atoms with van der Waals surface area (Å²) in [5, 5.41) is 3.28. The second kappa shape index (κ2) is 3.68. The Bertz CT molecular complexity index is 610. The van der Waals surface area contributed by atoms with Crippen LogP contribution in [0.4, 0.5) is 0 Å². The SMILES string of the molecule is ClCc1c(-c2ccccc2)[nH]n2ccnc12. The molecule has 0 aliphatic rings. The highest BCUT2D eigenvalue weighted by molar-refractivity contribution is 6.18. The van der Waals surface area contributed by atoms with E-state index < -0.39 is 0 Å². The molecule has 2 heterocycles. The van der Waals surface area contributed by atoms with Gasteiger partial charge in [0.05, 0.1) is 11.6 Å². The first kappa shape index (κ1) is 9.48. The molecule has 4 heteroatoms. The molecule has 0 atom stereocenters. The average Bonchev–Trinajstić information content (AvgIpc) is 2.89. The van der Waals surface area contributed by atoms with Crippen LogP contribution >= 0.6 is 11.6 Å². The van der Waals surface area contributed by atoms with Gasteiger partial charge in [0.15, 0.2) is 5.65 Å². The number of aromatic nitrogens is 3. The third-order valence-electron chi connectivity index (χ3n) is 2.64. The monoisotopic (exact) mass is 231 g/mol. The lowest BCUT2D eigenvalue weighted by Crippen LogP contribution is -1.84. The van der Waals surface area contributed by atoms with Gasteiger partial charge >= 0.3 is 0 Å². The van der Waals surface area contributed by atoms with Crippen LogP contribution in [0, 0.1) is 0 Å². The largest absolute Gasteiger partial charge is 0.292 e. The number of rotatable bonds is 2. The fourth-order valence-corrected chi connectivity index (χ4v) is 2.14. The van der Waals surface area contributed by atoms with Gasteiger partial charge in [-0.25, -0.2) is 9.50 Å². The lowest BCUT2D eigenvalue weighted by Gasteiger charge is -1.99. The molecule has 3 aromatic rings. The number of hydrogen-bond acceptors (Lipinski definition) is 1. The number of hydrogen-bond donors (Lipinski definition) is 1. The molecule has 0 fully saturated rings. The lowest BCUT2D eigenvalue weighted by atomic mass is 10.1. The molecular weight excluding hydrogens is 222 g/mol. The Hall–Kier alpha value is -1.74. The summed E-state index contributed by atoms with van der Waals surface area (Å²) in [6.45, 7) is 0. The predicted octanol–water partition coefficient (Wildman–Crippen LogP) is 3.07. The second-order valence-corrected chi connectivity index (χ2v) is 3.85. The Kier molecular flexibility index (Phi) is 2.18. The van der Waals surface area contributed by atoms with Crippen LogP contribution in [0.3, 0.4) is 0 Å². The molecule has 0 saturated heterocycles. The minimum absolute atomic E-state index is 0.453. The normalized spacial score (nSPS) is 11.1. The van der Waals surface area contributed by atoms with E-state index in [9.17, 15) is 0 Å². The van der Waals surface area contributed by atoms with E-state index in [1.807, 2.05) is 28.9 Å². The number of fused-ring (bicyclic) bond motifs is 1. The van der Waals surface area contributed by atoms with Crippen LogP contribution in [0.25, 0.3) is 16.9 Å². The van der Waals surface area contributed by atoms with Gasteiger partial charge in [-0.15, -0.1) is 11.6 Å². The van der Waals surface area contributed by atoms with Gasteiger partial charge in [-0.1, -0.05) is 30.3 Å². The van der Waals surface area contributed by atoms with E-state index in [2.05, 4.69) is 22.2 Å². The molecule has 3 nitrogen and oxygen atoms in total. The van der Waals surface area contributed by atoms with Gasteiger partial charge in [-0.05, 0) is 5.56 Å². The number of H-pyrrole nitrogens is 1. The summed E-state index contributed by atoms with van der Waals surface area (Å²) in [7, 11) is 0. The van der Waals surface area contributed by atoms with Gasteiger partial charge in [0.1, 0.15) is 0 Å². The standard InChI is InChI=1S/C12H10ClN3/c13-8-10-11(9-4-2-1-3-5-9)15-16-7-6-14-12(10)16/h1-7,15H,8H2. The molecule has 80 valence electrons. The first-order valence-corrected chi connectivity index (χ1v) is 5.59. The molecule has 1 aromatic carbocycles. The molecule has 0 amide bonds. The van der Waals surface area contributed by atoms with Crippen molar-refractivity contribution in [2.24, 2.45) is 0 Å². The fraction of sp³-hybridized carbons (Fsp3) is 0.0833. The van der Waals surface area contributed by atoms with Crippen molar-refractivity contribution in [2.45, 2.75) is 5.88 Å². The van der Waals surface area contributed by atoms with Crippen molar-refractivity contribution < 1.29 is 0 Å². The Morgan fingerprint density at radius 3 is 2.81 bits per heavy atom. The number of imidazole rings is 1. The maximum atomic E-state index is 5.99. The maximum Gasteiger partial charge on any atom is 0.157 e. The zero-order chi connectivity index (χ0) is 11.0. The third kappa shape index (κ3) is 1.32. The number of aromatic amines is 1. The summed E-state index contributed by atoms with van der Waals surface area (Å²) in [6, 6.07) is 10.1. The van der Waals surface area contributed by atoms with Gasteiger partial charge in [-0.2, -0.15) is 0 Å². The highest BCUT2D eigenvalue weighted by atomic mass is 35.5. The van der Waals surface area contributed by atoms with Crippen molar-refractivity contribution in [1.29, 1.82) is 0 Å². The summed E-state index contributed by atoms with van der Waals surface area (Å²) >= 11 is 5.99. The number of halogens is 1. The molecule has 0 saturated carbocycles. The number of alkyl halides is 1. The fourth-order valence-electron chi connectivity index (χ4n) is 1.89. The molecule has 3 rings (SSSR count). The third-order valence-corrected chi connectivity index (χ3v) is 2.91. The Morgan fingerprint density at radius 2 is 2.06 bits per heavy atom. The highest BCUT2D eigenvalue weighted by Crippen LogP contribution is 2.26. The van der Waals surface area contributed by atoms with Crippen LogP contribution in [0.1, 0.15) is 5.56 Å². The zero-order valence-electron chi connectivity index (χ0n) is 8.52. The van der Waals surface area contributed by atoms with E-state index in [-0.39, 0.29) is 0 Å². The van der Waals surface area contributed by atoms with Crippen molar-refractivity contribution in [3.05, 3.63) is 48.3 Å². The van der Waals surface area contributed by atoms with E-state index in [0.717, 1.165) is 22.5 Å². The smallest absolute Gasteiger partial charge is 0.157 e. The molecule has 0 unspecified atom stereocenters. The molecule has 0 aliphatic carbocycles. The van der Waals surface area contributed by atoms with Crippen LogP contribution in [0.5, 0.6) is 0 Å². The van der Waals surface area contributed by atoms with Gasteiger partial charge in [0.25, 0.3) is 0 Å². The first-order valence-electron chi connectivity index (χ1n) is 5.05. The van der Waals surface area contributed by atoms with E-state index in [1.54, 1.807) is 6.20 Å². The summed E-state index contributed by atoms with van der Waals surface area (Å²) in [6.07, 6.45) is 3.65. The minimum atomic E-state index is 0.453. The molecule has 0 aliphatic heterocycles. The minimum Gasteiger partial charge on any atom is -0.292 e. The summed E-state index contributed by atoms with van der Waals surface area (Å²) in [4.78, 5) is 4.28. The van der Waals surface area contributed by atoms with E-state index >= 15 is 0 Å². The van der Waals surface area contributed by atoms with Gasteiger partial charge in [0, 0.05) is 18.0 Å². The topological polar surface area (TPSA) is 33.1 Å². The first-order chi connectivity index (χ1) is 7.90. The van der Waals surface area contributed by atoms with Crippen LogP contribution in [0.2, 0.25) is 0 Å². The molecule has 16 heavy (non-hydrogen) atoms. The number of nitrogens with one attached hydrogen (secondary N) is 1. The van der Waals surface area contributed by atoms with Crippen molar-refractivity contribution in [3.8, 4) is 11.3 Å². The van der Waals surface area contributed by atoms with Crippen LogP contribution in [-0.4, -0.2) is 14.6 Å². The van der Waals surface area contributed by atoms with Gasteiger partial charge in [-0.3, -0.25) is 5.10 Å². The lowest BCUT2D eigenvalue weighted by molar-refractivity contribution is 0.978. The van der Waals surface area contributed by atoms with Crippen molar-refractivity contribution in [1.82, 2.24) is 14.6 Å². The Labute approximate surface area is 97.7 Å². The Morgan fingerprint density at radius 1 is 1.25 bits per heavy atom. The quantitative estimate of drug-likeness (QED) is 0.676. The van der Waals surface area contributed by atoms with Crippen LogP contribution in [0.15, 0.2) is 42.7 Å². The summed E-state index contributed by atoms with van der Waals surface area (Å²) in [5.74, 6) is 0.453. The van der Waals surface area contributed by atoms with Gasteiger partial charge in [0.2, 0.25) is 0 Å². The maximum absolute atomic E-state index is 5.99. The second-order valence-electron chi connectivity index (χ2n) is 3.59. The van der Waals surface area contributed by atoms with Crippen molar-refractivity contribution in [3.63, 3.8) is 0 Å². The van der Waals surface area contributed by atoms with E-state index in [0.29, 0.717) is 5.88 Å². The molecule has 2 aromatic heterocycles. The predicted molar refractivity (Wildman–Crippen MR) is 64.5 cm³/mol. The average molecular weight is 232 g/mol. The molecule has 0 bridgehead atoms. The summed E-state index contributed by atoms with van der Waals surface area (Å²) in [5.41, 5.74) is 4.11. The van der Waals surface area contributed by atoms with Crippen molar-refractivity contribution >= 4 is 17.2 Å². The van der Waals surface area contributed by atoms with Gasteiger partial charge < -0.3 is 0 Å². The van der Waals surface area contributed by atoms with E-state index in [4.69, 9.17) is 11.6 Å². The zero-order valence-corrected chi connectivity index (χ0v) is 9.28. The van der Waals surface area contributed by atoms with Crippen molar-refractivity contribution in [2.75, 3.05) is 0 Å². The highest BCUT2D eigenvalue weighted by Gasteiger charge is 2.12. The molecule has 1 N–H and O–H groups in total. The number of nitrogens with zero attached hydrogens (tertiary/aromatic N) is 2. The summed E-state index contributed by atoms with van der Waals surface area (Å²) < 4.78 is 1.89. The molecule has 0 spiro atoms. The molecular formula is C12H10ClN3. The number of benzene rings is 1. The Balaban J connectivity index is 2.27. The van der Waals surface area contributed by atoms with Crippen LogP contribution < -0.4 is 0 Å². The van der Waals surface area contributed by atoms with Crippen LogP contribution in [-0.2, 0) is 5.88 Å². The molecule has 0 radical (unpaired) electrons.